The first-order valence-electron chi connectivity index (χ1n) is 5.62. The number of anilines is 1. The summed E-state index contributed by atoms with van der Waals surface area (Å²) in [6, 6.07) is 12.9. The summed E-state index contributed by atoms with van der Waals surface area (Å²) in [5.74, 6) is 0. The van der Waals surface area contributed by atoms with E-state index in [0.29, 0.717) is 6.54 Å². The van der Waals surface area contributed by atoms with Crippen LogP contribution in [-0.4, -0.2) is 20.6 Å². The van der Waals surface area contributed by atoms with E-state index >= 15 is 0 Å². The lowest BCUT2D eigenvalue weighted by molar-refractivity contribution is 0.976. The first-order chi connectivity index (χ1) is 7.74. The fraction of sp³-hybridized carbons (Fsp3) is 0.286. The molecule has 2 nitrogen and oxygen atoms in total. The number of hydrogen-bond donors (Lipinski definition) is 1. The number of benzene rings is 2. The maximum absolute atomic E-state index is 5.64. The summed E-state index contributed by atoms with van der Waals surface area (Å²) in [7, 11) is 4.15. The molecule has 0 unspecified atom stereocenters. The van der Waals surface area contributed by atoms with Crippen LogP contribution in [0.15, 0.2) is 36.4 Å². The Morgan fingerprint density at radius 2 is 1.69 bits per heavy atom. The van der Waals surface area contributed by atoms with Crippen molar-refractivity contribution < 1.29 is 0 Å². The summed E-state index contributed by atoms with van der Waals surface area (Å²) < 4.78 is 0. The predicted molar refractivity (Wildman–Crippen MR) is 71.0 cm³/mol. The standard InChI is InChI=1S/C14H18N2/c1-16(2)14-8-7-11(9-10-15)12-5-3-4-6-13(12)14/h3-8H,9-10,15H2,1-2H3. The average molecular weight is 214 g/mol. The van der Waals surface area contributed by atoms with E-state index in [-0.39, 0.29) is 0 Å². The van der Waals surface area contributed by atoms with E-state index in [1.54, 1.807) is 0 Å². The number of fused-ring (bicyclic) bond motifs is 1. The van der Waals surface area contributed by atoms with Crippen molar-refractivity contribution >= 4 is 16.5 Å². The molecule has 0 bridgehead atoms. The number of hydrogen-bond acceptors (Lipinski definition) is 2. The van der Waals surface area contributed by atoms with Crippen LogP contribution in [-0.2, 0) is 6.42 Å². The quantitative estimate of drug-likeness (QED) is 0.850. The summed E-state index contributed by atoms with van der Waals surface area (Å²) in [4.78, 5) is 2.15. The van der Waals surface area contributed by atoms with E-state index in [2.05, 4.69) is 55.4 Å². The van der Waals surface area contributed by atoms with E-state index in [4.69, 9.17) is 5.73 Å². The lowest BCUT2D eigenvalue weighted by Crippen LogP contribution is -2.10. The maximum atomic E-state index is 5.64. The van der Waals surface area contributed by atoms with Gasteiger partial charge in [-0.2, -0.15) is 0 Å². The first kappa shape index (κ1) is 11.0. The van der Waals surface area contributed by atoms with Crippen LogP contribution in [0, 0.1) is 0 Å². The highest BCUT2D eigenvalue weighted by molar-refractivity contribution is 5.96. The Hall–Kier alpha value is -1.54. The maximum Gasteiger partial charge on any atom is 0.0440 e. The van der Waals surface area contributed by atoms with Gasteiger partial charge >= 0.3 is 0 Å². The molecule has 0 radical (unpaired) electrons. The monoisotopic (exact) mass is 214 g/mol. The second kappa shape index (κ2) is 4.54. The van der Waals surface area contributed by atoms with Gasteiger partial charge in [-0.3, -0.25) is 0 Å². The summed E-state index contributed by atoms with van der Waals surface area (Å²) in [6.45, 7) is 0.700. The van der Waals surface area contributed by atoms with E-state index < -0.39 is 0 Å². The van der Waals surface area contributed by atoms with E-state index in [1.807, 2.05) is 0 Å². The molecule has 0 spiro atoms. The van der Waals surface area contributed by atoms with Crippen molar-refractivity contribution in [3.8, 4) is 0 Å². The fourth-order valence-electron chi connectivity index (χ4n) is 2.11. The molecular weight excluding hydrogens is 196 g/mol. The van der Waals surface area contributed by atoms with Gasteiger partial charge in [0, 0.05) is 25.2 Å². The fourth-order valence-corrected chi connectivity index (χ4v) is 2.11. The Bertz CT molecular complexity index is 489. The van der Waals surface area contributed by atoms with Crippen LogP contribution in [0.5, 0.6) is 0 Å². The highest BCUT2D eigenvalue weighted by Crippen LogP contribution is 2.28. The molecule has 2 heteroatoms. The zero-order valence-electron chi connectivity index (χ0n) is 9.90. The lowest BCUT2D eigenvalue weighted by atomic mass is 10.0. The third-order valence-electron chi connectivity index (χ3n) is 2.89. The van der Waals surface area contributed by atoms with Gasteiger partial charge in [-0.05, 0) is 30.0 Å². The predicted octanol–water partition coefficient (Wildman–Crippen LogP) is 2.41. The van der Waals surface area contributed by atoms with Crippen LogP contribution >= 0.6 is 0 Å². The van der Waals surface area contributed by atoms with Gasteiger partial charge in [0.15, 0.2) is 0 Å². The molecule has 0 aliphatic heterocycles. The molecule has 0 amide bonds. The van der Waals surface area contributed by atoms with E-state index in [0.717, 1.165) is 6.42 Å². The Morgan fingerprint density at radius 1 is 1.00 bits per heavy atom. The number of rotatable bonds is 3. The minimum Gasteiger partial charge on any atom is -0.377 e. The lowest BCUT2D eigenvalue weighted by Gasteiger charge is -2.17. The molecule has 2 aromatic carbocycles. The third kappa shape index (κ3) is 1.89. The van der Waals surface area contributed by atoms with Gasteiger partial charge in [0.1, 0.15) is 0 Å². The number of nitrogens with zero attached hydrogens (tertiary/aromatic N) is 1. The molecule has 84 valence electrons. The van der Waals surface area contributed by atoms with Gasteiger partial charge in [0.25, 0.3) is 0 Å². The molecule has 0 heterocycles. The molecule has 0 atom stereocenters. The molecule has 0 saturated carbocycles. The molecule has 2 aromatic rings. The Labute approximate surface area is 96.7 Å². The number of nitrogens with two attached hydrogens (primary N) is 1. The Morgan fingerprint density at radius 3 is 2.31 bits per heavy atom. The summed E-state index contributed by atoms with van der Waals surface area (Å²) >= 11 is 0. The molecule has 0 saturated heterocycles. The summed E-state index contributed by atoms with van der Waals surface area (Å²) in [5.41, 5.74) is 8.24. The van der Waals surface area contributed by atoms with Crippen molar-refractivity contribution in [1.82, 2.24) is 0 Å². The van der Waals surface area contributed by atoms with Gasteiger partial charge < -0.3 is 10.6 Å². The molecule has 16 heavy (non-hydrogen) atoms. The van der Waals surface area contributed by atoms with Gasteiger partial charge in [0.2, 0.25) is 0 Å². The molecule has 2 N–H and O–H groups in total. The van der Waals surface area contributed by atoms with Crippen molar-refractivity contribution in [1.29, 1.82) is 0 Å². The van der Waals surface area contributed by atoms with Crippen molar-refractivity contribution in [3.05, 3.63) is 42.0 Å². The Kier molecular flexibility index (Phi) is 3.11. The van der Waals surface area contributed by atoms with Crippen LogP contribution in [0.4, 0.5) is 5.69 Å². The van der Waals surface area contributed by atoms with Gasteiger partial charge in [-0.1, -0.05) is 30.3 Å². The van der Waals surface area contributed by atoms with E-state index in [9.17, 15) is 0 Å². The normalized spacial score (nSPS) is 10.7. The second-order valence-electron chi connectivity index (χ2n) is 4.22. The van der Waals surface area contributed by atoms with Crippen LogP contribution in [0.2, 0.25) is 0 Å². The summed E-state index contributed by atoms with van der Waals surface area (Å²) in [6.07, 6.45) is 0.939. The second-order valence-corrected chi connectivity index (χ2v) is 4.22. The van der Waals surface area contributed by atoms with Crippen LogP contribution in [0.25, 0.3) is 10.8 Å². The van der Waals surface area contributed by atoms with Crippen molar-refractivity contribution in [3.63, 3.8) is 0 Å². The molecule has 0 aliphatic rings. The minimum absolute atomic E-state index is 0.700. The topological polar surface area (TPSA) is 29.3 Å². The SMILES string of the molecule is CN(C)c1ccc(CCN)c2ccccc12. The zero-order chi connectivity index (χ0) is 11.5. The molecule has 2 rings (SSSR count). The third-order valence-corrected chi connectivity index (χ3v) is 2.89. The molecule has 0 fully saturated rings. The zero-order valence-corrected chi connectivity index (χ0v) is 9.90. The highest BCUT2D eigenvalue weighted by Gasteiger charge is 2.05. The molecule has 0 aliphatic carbocycles. The largest absolute Gasteiger partial charge is 0.377 e. The molecule has 0 aromatic heterocycles. The van der Waals surface area contributed by atoms with Crippen molar-refractivity contribution in [2.24, 2.45) is 5.73 Å². The smallest absolute Gasteiger partial charge is 0.0440 e. The van der Waals surface area contributed by atoms with Gasteiger partial charge in [0.05, 0.1) is 0 Å². The van der Waals surface area contributed by atoms with Crippen molar-refractivity contribution in [2.45, 2.75) is 6.42 Å². The van der Waals surface area contributed by atoms with Crippen molar-refractivity contribution in [2.75, 3.05) is 25.5 Å². The van der Waals surface area contributed by atoms with Crippen LogP contribution in [0.3, 0.4) is 0 Å². The highest BCUT2D eigenvalue weighted by atomic mass is 15.1. The first-order valence-corrected chi connectivity index (χ1v) is 5.62. The summed E-state index contributed by atoms with van der Waals surface area (Å²) in [5, 5.41) is 2.62. The Balaban J connectivity index is 2.67. The van der Waals surface area contributed by atoms with Crippen LogP contribution < -0.4 is 10.6 Å². The minimum atomic E-state index is 0.700. The van der Waals surface area contributed by atoms with E-state index in [1.165, 1.54) is 22.0 Å². The average Bonchev–Trinajstić information content (AvgIpc) is 2.29. The van der Waals surface area contributed by atoms with Crippen LogP contribution in [0.1, 0.15) is 5.56 Å². The van der Waals surface area contributed by atoms with Gasteiger partial charge in [-0.25, -0.2) is 0 Å². The van der Waals surface area contributed by atoms with Gasteiger partial charge in [-0.15, -0.1) is 0 Å². The molecular formula is C14H18N2.